The quantitative estimate of drug-likeness (QED) is 0.925. The van der Waals surface area contributed by atoms with Gasteiger partial charge in [-0.1, -0.05) is 11.6 Å². The van der Waals surface area contributed by atoms with Gasteiger partial charge in [-0.05, 0) is 38.0 Å². The summed E-state index contributed by atoms with van der Waals surface area (Å²) in [5, 5.41) is 11.8. The number of ether oxygens (including phenoxy) is 1. The zero-order valence-electron chi connectivity index (χ0n) is 11.4. The van der Waals surface area contributed by atoms with Crippen LogP contribution < -0.4 is 5.32 Å². The molecule has 1 atom stereocenters. The first kappa shape index (κ1) is 13.0. The molecule has 0 saturated carbocycles. The maximum Gasteiger partial charge on any atom is 0.271 e. The molecule has 0 radical (unpaired) electrons. The topological polar surface area (TPSA) is 64.1 Å². The molecule has 1 saturated heterocycles. The van der Waals surface area contributed by atoms with Crippen molar-refractivity contribution in [3.05, 3.63) is 35.5 Å². The van der Waals surface area contributed by atoms with Crippen molar-refractivity contribution in [2.75, 3.05) is 13.2 Å². The van der Waals surface area contributed by atoms with Crippen molar-refractivity contribution < 1.29 is 9.53 Å². The molecule has 0 aliphatic carbocycles. The number of rotatable bonds is 3. The van der Waals surface area contributed by atoms with Gasteiger partial charge in [0.25, 0.3) is 5.91 Å². The molecule has 1 aliphatic rings. The average molecular weight is 271 g/mol. The molecule has 1 fully saturated rings. The molecule has 5 heteroatoms. The minimum absolute atomic E-state index is 0.134. The van der Waals surface area contributed by atoms with Crippen LogP contribution in [-0.2, 0) is 4.74 Å². The number of fused-ring (bicyclic) bond motifs is 1. The lowest BCUT2D eigenvalue weighted by Gasteiger charge is -2.10. The first-order valence-corrected chi connectivity index (χ1v) is 6.86. The highest BCUT2D eigenvalue weighted by Gasteiger charge is 2.17. The van der Waals surface area contributed by atoms with Gasteiger partial charge in [0.2, 0.25) is 0 Å². The Kier molecular flexibility index (Phi) is 3.60. The summed E-state index contributed by atoms with van der Waals surface area (Å²) in [6, 6.07) is 7.67. The highest BCUT2D eigenvalue weighted by atomic mass is 16.5. The van der Waals surface area contributed by atoms with Crippen molar-refractivity contribution in [2.45, 2.75) is 25.9 Å². The van der Waals surface area contributed by atoms with Gasteiger partial charge in [0.15, 0.2) is 5.69 Å². The van der Waals surface area contributed by atoms with Gasteiger partial charge in [0.1, 0.15) is 0 Å². The number of nitrogens with one attached hydrogen (secondary N) is 1. The van der Waals surface area contributed by atoms with E-state index >= 15 is 0 Å². The predicted octanol–water partition coefficient (Wildman–Crippen LogP) is 1.85. The summed E-state index contributed by atoms with van der Waals surface area (Å²) < 4.78 is 5.47. The fourth-order valence-corrected chi connectivity index (χ4v) is 2.38. The van der Waals surface area contributed by atoms with Crippen LogP contribution >= 0.6 is 0 Å². The second kappa shape index (κ2) is 5.54. The lowest BCUT2D eigenvalue weighted by atomic mass is 10.1. The summed E-state index contributed by atoms with van der Waals surface area (Å²) in [6.07, 6.45) is 2.20. The zero-order chi connectivity index (χ0) is 13.9. The summed E-state index contributed by atoms with van der Waals surface area (Å²) in [5.41, 5.74) is 2.28. The number of benzene rings is 1. The van der Waals surface area contributed by atoms with Crippen LogP contribution in [0.15, 0.2) is 24.3 Å². The van der Waals surface area contributed by atoms with Gasteiger partial charge in [-0.25, -0.2) is 0 Å². The molecule has 0 unspecified atom stereocenters. The minimum Gasteiger partial charge on any atom is -0.376 e. The monoisotopic (exact) mass is 271 g/mol. The molecule has 1 N–H and O–H groups in total. The maximum atomic E-state index is 12.1. The van der Waals surface area contributed by atoms with Crippen LogP contribution in [0.2, 0.25) is 0 Å². The van der Waals surface area contributed by atoms with Crippen LogP contribution in [0.1, 0.15) is 28.9 Å². The number of hydrogen-bond donors (Lipinski definition) is 1. The van der Waals surface area contributed by atoms with Gasteiger partial charge in [-0.2, -0.15) is 0 Å². The largest absolute Gasteiger partial charge is 0.376 e. The number of hydrogen-bond acceptors (Lipinski definition) is 4. The molecule has 2 aromatic rings. The standard InChI is InChI=1S/C15H17N3O2/c1-10-4-5-13-11(7-10)8-14(18-17-13)15(19)16-9-12-3-2-6-20-12/h4-5,7-8,12H,2-3,6,9H2,1H3,(H,16,19)/t12-/m1/s1. The van der Waals surface area contributed by atoms with Gasteiger partial charge in [-0.15, -0.1) is 10.2 Å². The third-order valence-electron chi connectivity index (χ3n) is 3.49. The number of nitrogens with zero attached hydrogens (tertiary/aromatic N) is 2. The Morgan fingerprint density at radius 1 is 1.40 bits per heavy atom. The second-order valence-electron chi connectivity index (χ2n) is 5.14. The van der Waals surface area contributed by atoms with Crippen molar-refractivity contribution >= 4 is 16.8 Å². The first-order chi connectivity index (χ1) is 9.72. The molecule has 1 aromatic carbocycles. The van der Waals surface area contributed by atoms with Crippen LogP contribution in [-0.4, -0.2) is 35.4 Å². The van der Waals surface area contributed by atoms with Crippen molar-refractivity contribution in [1.29, 1.82) is 0 Å². The van der Waals surface area contributed by atoms with Crippen molar-refractivity contribution in [1.82, 2.24) is 15.5 Å². The fourth-order valence-electron chi connectivity index (χ4n) is 2.38. The van der Waals surface area contributed by atoms with Crippen LogP contribution in [0.25, 0.3) is 10.9 Å². The summed E-state index contributed by atoms with van der Waals surface area (Å²) in [5.74, 6) is -0.198. The molecule has 20 heavy (non-hydrogen) atoms. The summed E-state index contributed by atoms with van der Waals surface area (Å²) in [7, 11) is 0. The number of carbonyl (C=O) groups excluding carboxylic acids is 1. The van der Waals surface area contributed by atoms with Gasteiger partial charge in [-0.3, -0.25) is 4.79 Å². The zero-order valence-corrected chi connectivity index (χ0v) is 11.4. The first-order valence-electron chi connectivity index (χ1n) is 6.86. The smallest absolute Gasteiger partial charge is 0.271 e. The van der Waals surface area contributed by atoms with Crippen LogP contribution in [0, 0.1) is 6.92 Å². The summed E-state index contributed by atoms with van der Waals surface area (Å²) in [6.45, 7) is 3.33. The van der Waals surface area contributed by atoms with Crippen LogP contribution in [0.4, 0.5) is 0 Å². The number of carbonyl (C=O) groups is 1. The van der Waals surface area contributed by atoms with Crippen molar-refractivity contribution in [3.63, 3.8) is 0 Å². The highest BCUT2D eigenvalue weighted by molar-refractivity contribution is 5.95. The third-order valence-corrected chi connectivity index (χ3v) is 3.49. The molecule has 1 aliphatic heterocycles. The van der Waals surface area contributed by atoms with E-state index in [1.54, 1.807) is 6.07 Å². The number of aromatic nitrogens is 2. The van der Waals surface area contributed by atoms with E-state index in [1.165, 1.54) is 0 Å². The van der Waals surface area contributed by atoms with Gasteiger partial charge < -0.3 is 10.1 Å². The third kappa shape index (κ3) is 2.77. The van der Waals surface area contributed by atoms with E-state index in [9.17, 15) is 4.79 Å². The van der Waals surface area contributed by atoms with Gasteiger partial charge in [0.05, 0.1) is 11.6 Å². The average Bonchev–Trinajstić information content (AvgIpc) is 2.97. The fraction of sp³-hybridized carbons (Fsp3) is 0.400. The Morgan fingerprint density at radius 2 is 2.30 bits per heavy atom. The lowest BCUT2D eigenvalue weighted by Crippen LogP contribution is -2.32. The molecule has 2 heterocycles. The molecule has 1 aromatic heterocycles. The van der Waals surface area contributed by atoms with Gasteiger partial charge in [0, 0.05) is 18.5 Å². The van der Waals surface area contributed by atoms with Crippen LogP contribution in [0.5, 0.6) is 0 Å². The van der Waals surface area contributed by atoms with E-state index in [2.05, 4.69) is 15.5 Å². The lowest BCUT2D eigenvalue weighted by molar-refractivity contribution is 0.0853. The Balaban J connectivity index is 1.73. The van der Waals surface area contributed by atoms with E-state index in [0.717, 1.165) is 35.9 Å². The number of aryl methyl sites for hydroxylation is 1. The Morgan fingerprint density at radius 3 is 3.10 bits per heavy atom. The van der Waals surface area contributed by atoms with Crippen molar-refractivity contribution in [2.24, 2.45) is 0 Å². The summed E-state index contributed by atoms with van der Waals surface area (Å²) >= 11 is 0. The Labute approximate surface area is 117 Å². The normalized spacial score (nSPS) is 18.4. The molecule has 104 valence electrons. The second-order valence-corrected chi connectivity index (χ2v) is 5.14. The molecule has 3 rings (SSSR count). The Bertz CT molecular complexity index is 636. The highest BCUT2D eigenvalue weighted by Crippen LogP contribution is 2.14. The molecule has 5 nitrogen and oxygen atoms in total. The van der Waals surface area contributed by atoms with Crippen LogP contribution in [0.3, 0.4) is 0 Å². The minimum atomic E-state index is -0.198. The maximum absolute atomic E-state index is 12.1. The Hall–Kier alpha value is -2.01. The molecular weight excluding hydrogens is 254 g/mol. The molecule has 0 spiro atoms. The molecule has 1 amide bonds. The number of amides is 1. The van der Waals surface area contributed by atoms with E-state index in [4.69, 9.17) is 4.74 Å². The molecular formula is C15H17N3O2. The van der Waals surface area contributed by atoms with E-state index < -0.39 is 0 Å². The van der Waals surface area contributed by atoms with E-state index in [0.29, 0.717) is 12.2 Å². The van der Waals surface area contributed by atoms with E-state index in [-0.39, 0.29) is 12.0 Å². The van der Waals surface area contributed by atoms with E-state index in [1.807, 2.05) is 25.1 Å². The molecule has 0 bridgehead atoms. The predicted molar refractivity (Wildman–Crippen MR) is 75.6 cm³/mol. The van der Waals surface area contributed by atoms with Gasteiger partial charge >= 0.3 is 0 Å². The SMILES string of the molecule is Cc1ccc2nnc(C(=O)NC[C@H]3CCCO3)cc2c1. The van der Waals surface area contributed by atoms with Crippen molar-refractivity contribution in [3.8, 4) is 0 Å². The summed E-state index contributed by atoms with van der Waals surface area (Å²) in [4.78, 5) is 12.1.